The average Bonchev–Trinajstić information content (AvgIpc) is 2.59. The number of hydrogen-bond donors (Lipinski definition) is 0. The molecule has 0 aromatic heterocycles. The van der Waals surface area contributed by atoms with Crippen LogP contribution in [-0.4, -0.2) is 31.5 Å². The predicted molar refractivity (Wildman–Crippen MR) is 81.4 cm³/mol. The minimum atomic E-state index is -2.48. The van der Waals surface area contributed by atoms with E-state index in [4.69, 9.17) is 11.6 Å². The maximum atomic E-state index is 9.28. The molecule has 0 spiro atoms. The van der Waals surface area contributed by atoms with E-state index in [0.29, 0.717) is 24.2 Å². The standard InChI is InChI=1S/C18H25NO/c1-19-10-9-18-8-4-3-5-15(18)17(19)11-13-6-7-14(20-2)12-16(13)18/h6-7,12,15,17H,3-5,8-11H2,1-2H3/t15?,17-,18-/m0/s1/i1D3,11D2,17D. The Hall–Kier alpha value is -1.02. The number of likely N-dealkylation sites (N-methyl/N-ethyl adjacent to an activating group) is 1. The monoisotopic (exact) mass is 277 g/mol. The lowest BCUT2D eigenvalue weighted by Gasteiger charge is -2.58. The smallest absolute Gasteiger partial charge is 0.119 e. The summed E-state index contributed by atoms with van der Waals surface area (Å²) in [5.74, 6) is 0.349. The number of fused-ring (bicyclic) bond motifs is 1. The predicted octanol–water partition coefficient (Wildman–Crippen LogP) is 3.38. The number of likely N-dealkylation sites (tertiary alicyclic amines) is 1. The highest BCUT2D eigenvalue weighted by Gasteiger charge is 2.53. The molecular formula is C18H25NO. The zero-order valence-corrected chi connectivity index (χ0v) is 11.9. The second-order valence-electron chi connectivity index (χ2n) is 6.28. The van der Waals surface area contributed by atoms with Gasteiger partial charge in [-0.25, -0.2) is 0 Å². The van der Waals surface area contributed by atoms with E-state index in [9.17, 15) is 1.37 Å². The Morgan fingerprint density at radius 3 is 3.25 bits per heavy atom. The molecule has 2 nitrogen and oxygen atoms in total. The van der Waals surface area contributed by atoms with Crippen LogP contribution in [0.25, 0.3) is 0 Å². The molecule has 2 bridgehead atoms. The number of rotatable bonds is 1. The number of methoxy groups -OCH3 is 1. The Kier molecular flexibility index (Phi) is 1.76. The minimum Gasteiger partial charge on any atom is -0.497 e. The van der Waals surface area contributed by atoms with Gasteiger partial charge in [0.1, 0.15) is 5.75 Å². The van der Waals surface area contributed by atoms with Crippen LogP contribution in [0.5, 0.6) is 5.75 Å². The van der Waals surface area contributed by atoms with Gasteiger partial charge in [0.15, 0.2) is 0 Å². The first-order chi connectivity index (χ1) is 12.1. The first-order valence-corrected chi connectivity index (χ1v) is 7.56. The van der Waals surface area contributed by atoms with E-state index in [0.717, 1.165) is 29.7 Å². The van der Waals surface area contributed by atoms with Crippen molar-refractivity contribution >= 4 is 0 Å². The molecule has 1 aliphatic heterocycles. The van der Waals surface area contributed by atoms with E-state index in [-0.39, 0.29) is 17.9 Å². The highest BCUT2D eigenvalue weighted by molar-refractivity contribution is 5.45. The van der Waals surface area contributed by atoms with Crippen molar-refractivity contribution < 1.29 is 13.0 Å². The van der Waals surface area contributed by atoms with Crippen molar-refractivity contribution in [3.63, 3.8) is 0 Å². The summed E-state index contributed by atoms with van der Waals surface area (Å²) in [6.45, 7) is -2.27. The lowest BCUT2D eigenvalue weighted by atomic mass is 9.52. The number of piperidine rings is 1. The van der Waals surface area contributed by atoms with Gasteiger partial charge in [-0.15, -0.1) is 0 Å². The lowest BCUT2D eigenvalue weighted by Crippen LogP contribution is -2.59. The molecule has 3 atom stereocenters. The first-order valence-electron chi connectivity index (χ1n) is 10.6. The van der Waals surface area contributed by atoms with E-state index >= 15 is 0 Å². The summed E-state index contributed by atoms with van der Waals surface area (Å²) in [5.41, 5.74) is 1.05. The van der Waals surface area contributed by atoms with Gasteiger partial charge in [0.2, 0.25) is 0 Å². The molecule has 1 aromatic carbocycles. The molecule has 1 heterocycles. The number of benzene rings is 1. The van der Waals surface area contributed by atoms with Crippen LogP contribution in [0.15, 0.2) is 18.2 Å². The van der Waals surface area contributed by atoms with Crippen LogP contribution in [0.2, 0.25) is 0 Å². The summed E-state index contributed by atoms with van der Waals surface area (Å²) >= 11 is 0. The molecule has 108 valence electrons. The third-order valence-corrected chi connectivity index (χ3v) is 5.46. The van der Waals surface area contributed by atoms with Gasteiger partial charge in [0.05, 0.1) is 7.11 Å². The second-order valence-corrected chi connectivity index (χ2v) is 6.28. The summed E-state index contributed by atoms with van der Waals surface area (Å²) in [4.78, 5) is 1.15. The Morgan fingerprint density at radius 1 is 1.45 bits per heavy atom. The fraction of sp³-hybridized carbons (Fsp3) is 0.667. The summed E-state index contributed by atoms with van der Waals surface area (Å²) in [7, 11) is 1.60. The minimum absolute atomic E-state index is 0.215. The molecular weight excluding hydrogens is 246 g/mol. The summed E-state index contributed by atoms with van der Waals surface area (Å²) in [5, 5.41) is 0. The van der Waals surface area contributed by atoms with Gasteiger partial charge >= 0.3 is 0 Å². The van der Waals surface area contributed by atoms with E-state index in [2.05, 4.69) is 0 Å². The first kappa shape index (κ1) is 7.84. The molecule has 1 saturated heterocycles. The van der Waals surface area contributed by atoms with Crippen LogP contribution in [0.1, 0.15) is 51.5 Å². The van der Waals surface area contributed by atoms with Crippen LogP contribution < -0.4 is 4.74 Å². The quantitative estimate of drug-likeness (QED) is 0.780. The van der Waals surface area contributed by atoms with Crippen molar-refractivity contribution in [1.29, 1.82) is 0 Å². The van der Waals surface area contributed by atoms with Gasteiger partial charge in [0.25, 0.3) is 0 Å². The molecule has 0 N–H and O–H groups in total. The molecule has 1 saturated carbocycles. The summed E-state index contributed by atoms with van der Waals surface area (Å²) in [6, 6.07) is 3.55. The third kappa shape index (κ3) is 1.60. The van der Waals surface area contributed by atoms with E-state index in [1.807, 2.05) is 6.07 Å². The lowest BCUT2D eigenvalue weighted by molar-refractivity contribution is 0.00274. The van der Waals surface area contributed by atoms with Gasteiger partial charge in [-0.3, -0.25) is 0 Å². The fourth-order valence-electron chi connectivity index (χ4n) is 4.48. The Labute approximate surface area is 130 Å². The number of hydrogen-bond acceptors (Lipinski definition) is 2. The van der Waals surface area contributed by atoms with Gasteiger partial charge < -0.3 is 9.64 Å². The van der Waals surface area contributed by atoms with Gasteiger partial charge in [-0.05, 0) is 68.3 Å². The number of ether oxygens (including phenoxy) is 1. The third-order valence-electron chi connectivity index (χ3n) is 5.46. The van der Waals surface area contributed by atoms with Gasteiger partial charge in [0, 0.05) is 19.7 Å². The van der Waals surface area contributed by atoms with E-state index < -0.39 is 19.4 Å². The van der Waals surface area contributed by atoms with E-state index in [1.165, 1.54) is 0 Å². The molecule has 2 heteroatoms. The largest absolute Gasteiger partial charge is 0.497 e. The zero-order valence-electron chi connectivity index (χ0n) is 17.9. The molecule has 3 aliphatic rings. The topological polar surface area (TPSA) is 12.5 Å². The molecule has 2 aliphatic carbocycles. The molecule has 1 aromatic rings. The van der Waals surface area contributed by atoms with Crippen LogP contribution in [-0.2, 0) is 11.8 Å². The van der Waals surface area contributed by atoms with Crippen LogP contribution in [0, 0.1) is 5.92 Å². The van der Waals surface area contributed by atoms with Crippen molar-refractivity contribution in [3.8, 4) is 5.75 Å². The van der Waals surface area contributed by atoms with Crippen molar-refractivity contribution in [1.82, 2.24) is 4.90 Å². The van der Waals surface area contributed by atoms with Gasteiger partial charge in [-0.1, -0.05) is 18.9 Å². The van der Waals surface area contributed by atoms with Gasteiger partial charge in [-0.2, -0.15) is 0 Å². The molecule has 2 fully saturated rings. The average molecular weight is 277 g/mol. The van der Waals surface area contributed by atoms with Crippen molar-refractivity contribution in [2.24, 2.45) is 5.92 Å². The molecule has 0 radical (unpaired) electrons. The highest BCUT2D eigenvalue weighted by atomic mass is 16.5. The number of nitrogens with zero attached hydrogens (tertiary/aromatic N) is 1. The maximum Gasteiger partial charge on any atom is 0.119 e. The maximum absolute atomic E-state index is 9.28. The van der Waals surface area contributed by atoms with Crippen molar-refractivity contribution in [3.05, 3.63) is 29.3 Å². The Morgan fingerprint density at radius 2 is 2.40 bits per heavy atom. The summed E-state index contributed by atoms with van der Waals surface area (Å²) < 4.78 is 56.3. The van der Waals surface area contributed by atoms with E-state index in [1.54, 1.807) is 19.2 Å². The molecule has 1 unspecified atom stereocenters. The second kappa shape index (κ2) is 4.49. The van der Waals surface area contributed by atoms with Crippen LogP contribution >= 0.6 is 0 Å². The normalized spacial score (nSPS) is 47.4. The fourth-order valence-corrected chi connectivity index (χ4v) is 4.48. The Bertz CT molecular complexity index is 735. The van der Waals surface area contributed by atoms with Crippen molar-refractivity contribution in [2.75, 3.05) is 20.6 Å². The van der Waals surface area contributed by atoms with Crippen LogP contribution in [0.3, 0.4) is 0 Å². The Balaban J connectivity index is 2.02. The SMILES string of the molecule is [2H]C([2H])([2H])N1CC[C@@]23CCCCC2[C@]1([2H])C([2H])([2H])c1ccc(OC)cc13. The zero-order chi connectivity index (χ0) is 19.0. The van der Waals surface area contributed by atoms with Crippen LogP contribution in [0.4, 0.5) is 0 Å². The molecule has 4 rings (SSSR count). The highest BCUT2D eigenvalue weighted by Crippen LogP contribution is 2.55. The summed E-state index contributed by atoms with van der Waals surface area (Å²) in [6.07, 6.45) is 2.08. The van der Waals surface area contributed by atoms with Crippen molar-refractivity contribution in [2.45, 2.75) is 49.9 Å². The molecule has 0 amide bonds. The molecule has 20 heavy (non-hydrogen) atoms.